The van der Waals surface area contributed by atoms with Gasteiger partial charge in [0, 0.05) is 43.8 Å². The maximum atomic E-state index is 13.6. The predicted molar refractivity (Wildman–Crippen MR) is 161 cm³/mol. The van der Waals surface area contributed by atoms with E-state index in [1.807, 2.05) is 32.0 Å². The predicted octanol–water partition coefficient (Wildman–Crippen LogP) is 6.28. The van der Waals surface area contributed by atoms with Gasteiger partial charge < -0.3 is 9.64 Å². The number of carbonyl (C=O) groups is 1. The molecule has 0 bridgehead atoms. The van der Waals surface area contributed by atoms with Gasteiger partial charge in [0.05, 0.1) is 37.4 Å². The Labute approximate surface area is 266 Å². The first-order chi connectivity index (χ1) is 19.7. The topological polar surface area (TPSA) is 36.0 Å². The summed E-state index contributed by atoms with van der Waals surface area (Å²) in [5.41, 5.74) is -0.575. The highest BCUT2D eigenvalue weighted by atomic mass is 35.5. The molecule has 2 heterocycles. The first-order valence-electron chi connectivity index (χ1n) is 13.9. The molecule has 244 valence electrons. The van der Waals surface area contributed by atoms with Crippen molar-refractivity contribution in [1.82, 2.24) is 14.7 Å². The van der Waals surface area contributed by atoms with E-state index >= 15 is 0 Å². The lowest BCUT2D eigenvalue weighted by Gasteiger charge is -2.41. The molecule has 2 aliphatic rings. The van der Waals surface area contributed by atoms with Gasteiger partial charge in [0.15, 0.2) is 0 Å². The second-order valence-corrected chi connectivity index (χ2v) is 11.1. The maximum Gasteiger partial charge on any atom is 0.416 e. The van der Waals surface area contributed by atoms with Crippen molar-refractivity contribution in [2.24, 2.45) is 0 Å². The summed E-state index contributed by atoms with van der Waals surface area (Å²) in [7, 11) is 0. The van der Waals surface area contributed by atoms with Crippen LogP contribution in [0.5, 0.6) is 0 Å². The fraction of sp³-hybridized carbons (Fsp3) is 0.516. The highest BCUT2D eigenvalue weighted by Gasteiger charge is 2.39. The first kappa shape index (κ1) is 37.7. The van der Waals surface area contributed by atoms with Crippen LogP contribution < -0.4 is 0 Å². The van der Waals surface area contributed by atoms with Crippen LogP contribution in [0.1, 0.15) is 45.1 Å². The van der Waals surface area contributed by atoms with Gasteiger partial charge in [-0.2, -0.15) is 26.3 Å². The molecule has 0 N–H and O–H groups in total. The van der Waals surface area contributed by atoms with E-state index in [-0.39, 0.29) is 43.5 Å². The van der Waals surface area contributed by atoms with E-state index in [1.165, 1.54) is 4.90 Å². The largest absolute Gasteiger partial charge is 0.416 e. The van der Waals surface area contributed by atoms with Crippen LogP contribution >= 0.6 is 24.8 Å². The van der Waals surface area contributed by atoms with Crippen LogP contribution in [0.25, 0.3) is 0 Å². The van der Waals surface area contributed by atoms with Gasteiger partial charge >= 0.3 is 12.4 Å². The van der Waals surface area contributed by atoms with E-state index in [2.05, 4.69) is 28.6 Å². The molecule has 2 atom stereocenters. The molecule has 2 saturated heterocycles. The van der Waals surface area contributed by atoms with E-state index in [9.17, 15) is 31.1 Å². The fourth-order valence-electron chi connectivity index (χ4n) is 5.27. The Bertz CT molecular complexity index is 1310. The standard InChI is InChI=1S/C31H35F6N3O2.2ClH/c1-21-6-7-24(14-22(21)2)15-28-19-38(8-4-5-9-39-12-13-42-20-23(39)3)10-11-40(28)29(41)25-16-26(30(32,33)34)18-27(17-25)31(35,36)37;;/h6-7,14,16-18,23,28H,8-13,15,19-20H2,1-3H3;2*1H/t23?,28-;;/m1../s1. The van der Waals surface area contributed by atoms with Gasteiger partial charge in [-0.15, -0.1) is 24.8 Å². The second-order valence-electron chi connectivity index (χ2n) is 11.1. The van der Waals surface area contributed by atoms with Crippen LogP contribution in [0, 0.1) is 25.7 Å². The van der Waals surface area contributed by atoms with E-state index in [0.717, 1.165) is 23.2 Å². The first-order valence-corrected chi connectivity index (χ1v) is 13.9. The van der Waals surface area contributed by atoms with Crippen LogP contribution in [-0.4, -0.2) is 85.2 Å². The van der Waals surface area contributed by atoms with Gasteiger partial charge in [0.1, 0.15) is 0 Å². The van der Waals surface area contributed by atoms with E-state index in [4.69, 9.17) is 4.74 Å². The lowest BCUT2D eigenvalue weighted by molar-refractivity contribution is -0.143. The Hall–Kier alpha value is -2.49. The molecule has 2 aliphatic heterocycles. The van der Waals surface area contributed by atoms with Crippen molar-refractivity contribution in [2.75, 3.05) is 52.5 Å². The average Bonchev–Trinajstić information content (AvgIpc) is 2.92. The minimum Gasteiger partial charge on any atom is -0.379 e. The molecule has 0 saturated carbocycles. The van der Waals surface area contributed by atoms with E-state index in [1.54, 1.807) is 0 Å². The normalized spacial score (nSPS) is 19.8. The molecule has 4 rings (SSSR count). The van der Waals surface area contributed by atoms with Crippen LogP contribution in [0.15, 0.2) is 36.4 Å². The smallest absolute Gasteiger partial charge is 0.379 e. The third-order valence-electron chi connectivity index (χ3n) is 7.92. The minimum absolute atomic E-state index is 0. The van der Waals surface area contributed by atoms with Gasteiger partial charge in [-0.05, 0) is 62.1 Å². The molecule has 0 spiro atoms. The van der Waals surface area contributed by atoms with Crippen LogP contribution in [0.4, 0.5) is 26.3 Å². The molecular weight excluding hydrogens is 631 g/mol. The molecule has 0 radical (unpaired) electrons. The monoisotopic (exact) mass is 667 g/mol. The zero-order chi connectivity index (χ0) is 30.7. The Morgan fingerprint density at radius 3 is 2.11 bits per heavy atom. The third kappa shape index (κ3) is 9.75. The number of hydrogen-bond acceptors (Lipinski definition) is 4. The highest BCUT2D eigenvalue weighted by molar-refractivity contribution is 5.95. The number of alkyl halides is 6. The van der Waals surface area contributed by atoms with Crippen molar-refractivity contribution in [2.45, 2.75) is 51.6 Å². The van der Waals surface area contributed by atoms with Crippen LogP contribution in [0.3, 0.4) is 0 Å². The van der Waals surface area contributed by atoms with E-state index in [0.29, 0.717) is 57.9 Å². The van der Waals surface area contributed by atoms with Gasteiger partial charge in [-0.3, -0.25) is 14.6 Å². The number of halogens is 8. The maximum absolute atomic E-state index is 13.6. The number of hydrogen-bond donors (Lipinski definition) is 0. The van der Waals surface area contributed by atoms with Gasteiger partial charge in [-0.25, -0.2) is 0 Å². The molecule has 44 heavy (non-hydrogen) atoms. The molecule has 1 amide bonds. The number of piperazine rings is 1. The summed E-state index contributed by atoms with van der Waals surface area (Å²) in [6.07, 6.45) is -9.68. The third-order valence-corrected chi connectivity index (χ3v) is 7.92. The summed E-state index contributed by atoms with van der Waals surface area (Å²) in [5, 5.41) is 0. The molecule has 2 aromatic carbocycles. The summed E-state index contributed by atoms with van der Waals surface area (Å²) < 4.78 is 86.4. The number of carbonyl (C=O) groups excluding carboxylic acids is 1. The van der Waals surface area contributed by atoms with Crippen molar-refractivity contribution in [3.05, 3.63) is 69.8 Å². The Morgan fingerprint density at radius 1 is 0.886 bits per heavy atom. The summed E-state index contributed by atoms with van der Waals surface area (Å²) >= 11 is 0. The van der Waals surface area contributed by atoms with Crippen molar-refractivity contribution in [3.63, 3.8) is 0 Å². The number of rotatable bonds is 5. The summed E-state index contributed by atoms with van der Waals surface area (Å²) in [5.74, 6) is 5.53. The van der Waals surface area contributed by atoms with E-state index < -0.39 is 41.0 Å². The van der Waals surface area contributed by atoms with Crippen molar-refractivity contribution in [3.8, 4) is 11.8 Å². The minimum atomic E-state index is -5.04. The lowest BCUT2D eigenvalue weighted by atomic mass is 9.97. The number of ether oxygens (including phenoxy) is 1. The molecular formula is C31H37Cl2F6N3O2. The van der Waals surface area contributed by atoms with Crippen molar-refractivity contribution < 1.29 is 35.9 Å². The SMILES string of the molecule is Cc1ccc(C[C@@H]2CN(CC#CCN3CCOCC3C)CCN2C(=O)c2cc(C(F)(F)F)cc(C(F)(F)F)c2)cc1C.Cl.Cl. The number of amides is 1. The molecule has 1 unspecified atom stereocenters. The molecule has 13 heteroatoms. The Morgan fingerprint density at radius 2 is 1.52 bits per heavy atom. The number of morpholine rings is 1. The van der Waals surface area contributed by atoms with Gasteiger partial charge in [0.25, 0.3) is 5.91 Å². The van der Waals surface area contributed by atoms with Crippen LogP contribution in [-0.2, 0) is 23.5 Å². The van der Waals surface area contributed by atoms with Gasteiger partial charge in [0.2, 0.25) is 0 Å². The lowest BCUT2D eigenvalue weighted by Crippen LogP contribution is -2.56. The average molecular weight is 669 g/mol. The molecule has 2 aromatic rings. The Kier molecular flexibility index (Phi) is 13.4. The van der Waals surface area contributed by atoms with Crippen molar-refractivity contribution in [1.29, 1.82) is 0 Å². The molecule has 0 aliphatic carbocycles. The summed E-state index contributed by atoms with van der Waals surface area (Å²) in [4.78, 5) is 19.3. The zero-order valence-corrected chi connectivity index (χ0v) is 26.4. The highest BCUT2D eigenvalue weighted by Crippen LogP contribution is 2.37. The van der Waals surface area contributed by atoms with Crippen molar-refractivity contribution >= 4 is 30.7 Å². The number of nitrogens with zero attached hydrogens (tertiary/aromatic N) is 3. The summed E-state index contributed by atoms with van der Waals surface area (Å²) in [6, 6.07) is 6.74. The molecule has 2 fully saturated rings. The zero-order valence-electron chi connectivity index (χ0n) is 24.7. The fourth-order valence-corrected chi connectivity index (χ4v) is 5.27. The second kappa shape index (κ2) is 15.7. The van der Waals surface area contributed by atoms with Crippen LogP contribution in [0.2, 0.25) is 0 Å². The quantitative estimate of drug-likeness (QED) is 0.278. The summed E-state index contributed by atoms with van der Waals surface area (Å²) in [6.45, 7) is 10.1. The van der Waals surface area contributed by atoms with Gasteiger partial charge in [-0.1, -0.05) is 30.0 Å². The molecule has 0 aromatic heterocycles. The number of benzene rings is 2. The number of aryl methyl sites for hydroxylation is 2. The Balaban J connectivity index is 0.00000337. The molecule has 5 nitrogen and oxygen atoms in total.